The Morgan fingerprint density at radius 2 is 1.87 bits per heavy atom. The van der Waals surface area contributed by atoms with Gasteiger partial charge in [-0.05, 0) is 18.8 Å². The van der Waals surface area contributed by atoms with Gasteiger partial charge in [-0.1, -0.05) is 33.6 Å². The lowest BCUT2D eigenvalue weighted by molar-refractivity contribution is -0.142. The molecule has 0 N–H and O–H groups in total. The van der Waals surface area contributed by atoms with Gasteiger partial charge in [0.25, 0.3) is 0 Å². The van der Waals surface area contributed by atoms with Crippen molar-refractivity contribution < 1.29 is 9.59 Å². The summed E-state index contributed by atoms with van der Waals surface area (Å²) in [6.45, 7) is 5.92. The van der Waals surface area contributed by atoms with Gasteiger partial charge in [-0.2, -0.15) is 0 Å². The summed E-state index contributed by atoms with van der Waals surface area (Å²) in [5.74, 6) is 0.685. The number of hydrogen-bond acceptors (Lipinski definition) is 2. The number of carbonyl (C=O) groups excluding carboxylic acids is 2. The summed E-state index contributed by atoms with van der Waals surface area (Å²) in [5, 5.41) is 0. The highest BCUT2D eigenvalue weighted by molar-refractivity contribution is 6.16. The lowest BCUT2D eigenvalue weighted by atomic mass is 9.63. The van der Waals surface area contributed by atoms with E-state index >= 15 is 0 Å². The first-order valence-electron chi connectivity index (χ1n) is 5.99. The van der Waals surface area contributed by atoms with E-state index in [9.17, 15) is 9.59 Å². The van der Waals surface area contributed by atoms with Crippen molar-refractivity contribution in [3.05, 3.63) is 0 Å². The van der Waals surface area contributed by atoms with Crippen molar-refractivity contribution in [2.24, 2.45) is 16.7 Å². The van der Waals surface area contributed by atoms with Gasteiger partial charge in [0.15, 0.2) is 5.78 Å². The second-order valence-electron chi connectivity index (χ2n) is 5.93. The first-order valence-corrected chi connectivity index (χ1v) is 5.99. The molecule has 1 spiro atoms. The third-order valence-electron chi connectivity index (χ3n) is 4.42. The topological polar surface area (TPSA) is 34.1 Å². The Labute approximate surface area is 91.4 Å². The predicted octanol–water partition coefficient (Wildman–Crippen LogP) is 2.75. The normalized spacial score (nSPS) is 40.1. The van der Waals surface area contributed by atoms with Gasteiger partial charge >= 0.3 is 0 Å². The Bertz CT molecular complexity index is 316. The number of ketones is 2. The lowest BCUT2D eigenvalue weighted by Crippen LogP contribution is -2.43. The largest absolute Gasteiger partial charge is 0.299 e. The fraction of sp³-hybridized carbons (Fsp3) is 0.846. The summed E-state index contributed by atoms with van der Waals surface area (Å²) < 4.78 is 0. The maximum Gasteiger partial charge on any atom is 0.152 e. The molecule has 0 amide bonds. The van der Waals surface area contributed by atoms with E-state index in [-0.39, 0.29) is 17.5 Å². The highest BCUT2D eigenvalue weighted by Crippen LogP contribution is 2.53. The van der Waals surface area contributed by atoms with Crippen molar-refractivity contribution in [2.75, 3.05) is 0 Å². The van der Waals surface area contributed by atoms with Crippen LogP contribution in [0.25, 0.3) is 0 Å². The predicted molar refractivity (Wildman–Crippen MR) is 58.5 cm³/mol. The van der Waals surface area contributed by atoms with Gasteiger partial charge in [0, 0.05) is 11.8 Å². The summed E-state index contributed by atoms with van der Waals surface area (Å²) in [4.78, 5) is 24.6. The van der Waals surface area contributed by atoms with Crippen molar-refractivity contribution >= 4 is 11.6 Å². The fourth-order valence-corrected chi connectivity index (χ4v) is 3.47. The number of rotatable bonds is 0. The molecule has 0 aromatic carbocycles. The van der Waals surface area contributed by atoms with Crippen LogP contribution in [0.3, 0.4) is 0 Å². The van der Waals surface area contributed by atoms with Crippen LogP contribution < -0.4 is 0 Å². The second kappa shape index (κ2) is 3.16. The van der Waals surface area contributed by atoms with Crippen molar-refractivity contribution in [2.45, 2.75) is 52.9 Å². The molecule has 0 aliphatic heterocycles. The standard InChI is InChI=1S/C13H20O2/c1-9-6-4-5-7-13(9)10(14)8-12(2,3)11(13)15/h9H,4-8H2,1-3H3. The van der Waals surface area contributed by atoms with Crippen LogP contribution in [0.2, 0.25) is 0 Å². The smallest absolute Gasteiger partial charge is 0.152 e. The van der Waals surface area contributed by atoms with Crippen LogP contribution in [0.1, 0.15) is 52.9 Å². The molecule has 0 aromatic rings. The lowest BCUT2D eigenvalue weighted by Gasteiger charge is -2.37. The average molecular weight is 208 g/mol. The minimum absolute atomic E-state index is 0.213. The zero-order valence-corrected chi connectivity index (χ0v) is 9.93. The molecular weight excluding hydrogens is 188 g/mol. The van der Waals surface area contributed by atoms with E-state index in [1.807, 2.05) is 13.8 Å². The molecule has 2 aliphatic rings. The quantitative estimate of drug-likeness (QED) is 0.574. The molecular formula is C13H20O2. The number of carbonyl (C=O) groups is 2. The van der Waals surface area contributed by atoms with E-state index in [0.717, 1.165) is 19.3 Å². The van der Waals surface area contributed by atoms with E-state index in [1.165, 1.54) is 6.42 Å². The van der Waals surface area contributed by atoms with Gasteiger partial charge in [0.2, 0.25) is 0 Å². The van der Waals surface area contributed by atoms with E-state index in [4.69, 9.17) is 0 Å². The molecule has 15 heavy (non-hydrogen) atoms. The molecule has 2 atom stereocenters. The Morgan fingerprint density at radius 1 is 1.20 bits per heavy atom. The van der Waals surface area contributed by atoms with Gasteiger partial charge in [0.05, 0.1) is 5.41 Å². The van der Waals surface area contributed by atoms with Crippen molar-refractivity contribution in [3.63, 3.8) is 0 Å². The Balaban J connectivity index is 2.42. The van der Waals surface area contributed by atoms with Gasteiger partial charge in [0.1, 0.15) is 5.78 Å². The average Bonchev–Trinajstić information content (AvgIpc) is 2.32. The summed E-state index contributed by atoms with van der Waals surface area (Å²) in [7, 11) is 0. The number of hydrogen-bond donors (Lipinski definition) is 0. The monoisotopic (exact) mass is 208 g/mol. The van der Waals surface area contributed by atoms with E-state index in [0.29, 0.717) is 6.42 Å². The van der Waals surface area contributed by atoms with Crippen LogP contribution in [0.5, 0.6) is 0 Å². The highest BCUT2D eigenvalue weighted by atomic mass is 16.2. The van der Waals surface area contributed by atoms with Gasteiger partial charge in [-0.25, -0.2) is 0 Å². The molecule has 84 valence electrons. The van der Waals surface area contributed by atoms with Gasteiger partial charge in [-0.3, -0.25) is 9.59 Å². The molecule has 2 rings (SSSR count). The Morgan fingerprint density at radius 3 is 2.33 bits per heavy atom. The summed E-state index contributed by atoms with van der Waals surface area (Å²) >= 11 is 0. The van der Waals surface area contributed by atoms with Crippen LogP contribution in [0, 0.1) is 16.7 Å². The molecule has 2 nitrogen and oxygen atoms in total. The Kier molecular flexibility index (Phi) is 2.29. The van der Waals surface area contributed by atoms with Crippen LogP contribution >= 0.6 is 0 Å². The minimum Gasteiger partial charge on any atom is -0.299 e. The van der Waals surface area contributed by atoms with Crippen LogP contribution in [-0.2, 0) is 9.59 Å². The van der Waals surface area contributed by atoms with Crippen molar-refractivity contribution in [1.29, 1.82) is 0 Å². The molecule has 2 heteroatoms. The molecule has 0 saturated heterocycles. The highest BCUT2D eigenvalue weighted by Gasteiger charge is 2.60. The van der Waals surface area contributed by atoms with Gasteiger partial charge in [-0.15, -0.1) is 0 Å². The molecule has 0 aromatic heterocycles. The summed E-state index contributed by atoms with van der Waals surface area (Å²) in [6, 6.07) is 0. The molecule has 2 aliphatic carbocycles. The van der Waals surface area contributed by atoms with E-state index in [2.05, 4.69) is 6.92 Å². The van der Waals surface area contributed by atoms with Crippen molar-refractivity contribution in [1.82, 2.24) is 0 Å². The maximum absolute atomic E-state index is 12.4. The fourth-order valence-electron chi connectivity index (χ4n) is 3.47. The van der Waals surface area contributed by atoms with Crippen LogP contribution in [-0.4, -0.2) is 11.6 Å². The zero-order chi connectivity index (χ0) is 11.3. The number of Topliss-reactive ketones (excluding diaryl/α,β-unsaturated/α-hetero) is 2. The van der Waals surface area contributed by atoms with Crippen LogP contribution in [0.15, 0.2) is 0 Å². The molecule has 2 fully saturated rings. The zero-order valence-electron chi connectivity index (χ0n) is 9.93. The first-order chi connectivity index (χ1) is 6.91. The molecule has 2 saturated carbocycles. The Hall–Kier alpha value is -0.660. The molecule has 0 radical (unpaired) electrons. The van der Waals surface area contributed by atoms with Gasteiger partial charge < -0.3 is 0 Å². The van der Waals surface area contributed by atoms with E-state index in [1.54, 1.807) is 0 Å². The SMILES string of the molecule is CC1CCCCC12C(=O)CC(C)(C)C2=O. The maximum atomic E-state index is 12.4. The summed E-state index contributed by atoms with van der Waals surface area (Å²) in [5.41, 5.74) is -1.01. The van der Waals surface area contributed by atoms with Crippen molar-refractivity contribution in [3.8, 4) is 0 Å². The third-order valence-corrected chi connectivity index (χ3v) is 4.42. The molecule has 0 bridgehead atoms. The minimum atomic E-state index is -0.595. The summed E-state index contributed by atoms with van der Waals surface area (Å²) in [6.07, 6.45) is 4.50. The molecule has 2 unspecified atom stereocenters. The third kappa shape index (κ3) is 1.30. The van der Waals surface area contributed by atoms with Crippen LogP contribution in [0.4, 0.5) is 0 Å². The molecule has 0 heterocycles. The second-order valence-corrected chi connectivity index (χ2v) is 5.93. The van der Waals surface area contributed by atoms with E-state index < -0.39 is 10.8 Å². The first kappa shape index (κ1) is 10.8.